The molecule has 2 aliphatic heterocycles. The van der Waals surface area contributed by atoms with Crippen molar-refractivity contribution < 1.29 is 9.84 Å². The second kappa shape index (κ2) is 7.11. The first-order valence-electron chi connectivity index (χ1n) is 9.36. The van der Waals surface area contributed by atoms with E-state index in [1.54, 1.807) is 7.11 Å². The maximum atomic E-state index is 10.0. The Balaban J connectivity index is 1.53. The van der Waals surface area contributed by atoms with Gasteiger partial charge >= 0.3 is 0 Å². The summed E-state index contributed by atoms with van der Waals surface area (Å²) in [6, 6.07) is 6.08. The van der Waals surface area contributed by atoms with E-state index in [-0.39, 0.29) is 11.8 Å². The zero-order chi connectivity index (χ0) is 18.1. The quantitative estimate of drug-likeness (QED) is 0.911. The molecule has 0 aliphatic carbocycles. The van der Waals surface area contributed by atoms with Crippen molar-refractivity contribution in [3.63, 3.8) is 0 Å². The number of anilines is 1. The van der Waals surface area contributed by atoms with E-state index in [1.165, 1.54) is 24.0 Å². The van der Waals surface area contributed by atoms with E-state index in [0.717, 1.165) is 44.2 Å². The van der Waals surface area contributed by atoms with Gasteiger partial charge in [-0.1, -0.05) is 0 Å². The number of phenols is 1. The molecule has 1 atom stereocenters. The van der Waals surface area contributed by atoms with Crippen LogP contribution in [0.5, 0.6) is 11.5 Å². The van der Waals surface area contributed by atoms with Crippen molar-refractivity contribution >= 4 is 5.95 Å². The van der Waals surface area contributed by atoms with Crippen LogP contribution in [-0.4, -0.2) is 46.7 Å². The number of fused-ring (bicyclic) bond motifs is 1. The third kappa shape index (κ3) is 3.21. The lowest BCUT2D eigenvalue weighted by Crippen LogP contribution is -2.34. The summed E-state index contributed by atoms with van der Waals surface area (Å²) in [5.74, 6) is 1.62. The van der Waals surface area contributed by atoms with Gasteiger partial charge in [-0.05, 0) is 55.5 Å². The predicted octanol–water partition coefficient (Wildman–Crippen LogP) is 2.91. The Morgan fingerprint density at radius 3 is 2.81 bits per heavy atom. The molecule has 0 saturated carbocycles. The number of ether oxygens (including phenoxy) is 1. The molecule has 1 aromatic heterocycles. The standard InChI is InChI=1S/C20H26N4O2/c1-14-17-12-19(26-2)18(25)11-15(17)6-10-24(14)13-16-5-7-21-20(22-16)23-8-3-4-9-23/h5,7,11-12,14,25H,3-4,6,8-10,13H2,1-2H3/t14-/m0/s1. The van der Waals surface area contributed by atoms with Gasteiger partial charge in [-0.15, -0.1) is 0 Å². The second-order valence-corrected chi connectivity index (χ2v) is 7.16. The molecule has 1 aromatic carbocycles. The Hall–Kier alpha value is -2.34. The zero-order valence-electron chi connectivity index (χ0n) is 15.5. The van der Waals surface area contributed by atoms with Crippen LogP contribution in [0.1, 0.15) is 42.6 Å². The molecule has 26 heavy (non-hydrogen) atoms. The number of aromatic hydroxyl groups is 1. The third-order valence-electron chi connectivity index (χ3n) is 5.56. The number of phenolic OH excluding ortho intramolecular Hbond substituents is 1. The van der Waals surface area contributed by atoms with Crippen LogP contribution >= 0.6 is 0 Å². The van der Waals surface area contributed by atoms with Gasteiger partial charge in [0.25, 0.3) is 0 Å². The van der Waals surface area contributed by atoms with Gasteiger partial charge in [-0.3, -0.25) is 4.90 Å². The minimum absolute atomic E-state index is 0.220. The van der Waals surface area contributed by atoms with Crippen LogP contribution in [0.2, 0.25) is 0 Å². The summed E-state index contributed by atoms with van der Waals surface area (Å²) in [6.07, 6.45) is 5.24. The molecule has 1 saturated heterocycles. The van der Waals surface area contributed by atoms with Crippen molar-refractivity contribution in [3.05, 3.63) is 41.2 Å². The van der Waals surface area contributed by atoms with Gasteiger partial charge in [0.05, 0.1) is 12.8 Å². The van der Waals surface area contributed by atoms with Crippen LogP contribution in [0.3, 0.4) is 0 Å². The van der Waals surface area contributed by atoms with Gasteiger partial charge in [-0.25, -0.2) is 9.97 Å². The van der Waals surface area contributed by atoms with Crippen LogP contribution in [0, 0.1) is 0 Å². The average molecular weight is 354 g/mol. The second-order valence-electron chi connectivity index (χ2n) is 7.16. The summed E-state index contributed by atoms with van der Waals surface area (Å²) in [5.41, 5.74) is 3.48. The van der Waals surface area contributed by atoms with Crippen LogP contribution in [0.4, 0.5) is 5.95 Å². The minimum Gasteiger partial charge on any atom is -0.504 e. The smallest absolute Gasteiger partial charge is 0.225 e. The van der Waals surface area contributed by atoms with Gasteiger partial charge in [-0.2, -0.15) is 0 Å². The Morgan fingerprint density at radius 2 is 2.04 bits per heavy atom. The first-order chi connectivity index (χ1) is 12.7. The molecule has 0 spiro atoms. The molecule has 3 heterocycles. The minimum atomic E-state index is 0.220. The van der Waals surface area contributed by atoms with E-state index < -0.39 is 0 Å². The number of hydrogen-bond acceptors (Lipinski definition) is 6. The Kier molecular flexibility index (Phi) is 4.68. The summed E-state index contributed by atoms with van der Waals surface area (Å²) in [6.45, 7) is 6.06. The maximum absolute atomic E-state index is 10.0. The van der Waals surface area contributed by atoms with Gasteiger partial charge in [0, 0.05) is 38.4 Å². The topological polar surface area (TPSA) is 61.7 Å². The molecular formula is C20H26N4O2. The van der Waals surface area contributed by atoms with Crippen molar-refractivity contribution in [2.75, 3.05) is 31.6 Å². The van der Waals surface area contributed by atoms with Crippen molar-refractivity contribution in [1.29, 1.82) is 0 Å². The molecule has 6 heteroatoms. The molecule has 4 rings (SSSR count). The van der Waals surface area contributed by atoms with Gasteiger partial charge < -0.3 is 14.7 Å². The largest absolute Gasteiger partial charge is 0.504 e. The molecule has 0 unspecified atom stereocenters. The Morgan fingerprint density at radius 1 is 1.23 bits per heavy atom. The number of aromatic nitrogens is 2. The number of benzene rings is 1. The molecule has 6 nitrogen and oxygen atoms in total. The van der Waals surface area contributed by atoms with Gasteiger partial charge in [0.15, 0.2) is 11.5 Å². The monoisotopic (exact) mass is 354 g/mol. The van der Waals surface area contributed by atoms with E-state index in [9.17, 15) is 5.11 Å². The van der Waals surface area contributed by atoms with Crippen LogP contribution in [-0.2, 0) is 13.0 Å². The highest BCUT2D eigenvalue weighted by atomic mass is 16.5. The van der Waals surface area contributed by atoms with Crippen molar-refractivity contribution in [3.8, 4) is 11.5 Å². The van der Waals surface area contributed by atoms with Crippen LogP contribution < -0.4 is 9.64 Å². The molecule has 1 fully saturated rings. The summed E-state index contributed by atoms with van der Waals surface area (Å²) in [4.78, 5) is 13.9. The van der Waals surface area contributed by atoms with E-state index in [2.05, 4.69) is 21.7 Å². The lowest BCUT2D eigenvalue weighted by molar-refractivity contribution is 0.186. The third-order valence-corrected chi connectivity index (χ3v) is 5.56. The summed E-state index contributed by atoms with van der Waals surface area (Å²) in [7, 11) is 1.59. The van der Waals surface area contributed by atoms with Crippen molar-refractivity contribution in [2.45, 2.75) is 38.8 Å². The van der Waals surface area contributed by atoms with E-state index in [1.807, 2.05) is 24.4 Å². The highest BCUT2D eigenvalue weighted by Crippen LogP contribution is 2.37. The first-order valence-corrected chi connectivity index (χ1v) is 9.36. The molecule has 138 valence electrons. The Labute approximate surface area is 154 Å². The number of hydrogen-bond donors (Lipinski definition) is 1. The SMILES string of the molecule is COc1cc2c(cc1O)CCN(Cc1ccnc(N3CCCC3)n1)[C@H]2C. The summed E-state index contributed by atoms with van der Waals surface area (Å²) < 4.78 is 5.29. The van der Waals surface area contributed by atoms with Crippen LogP contribution in [0.25, 0.3) is 0 Å². The van der Waals surface area contributed by atoms with E-state index >= 15 is 0 Å². The first kappa shape index (κ1) is 17.1. The number of methoxy groups -OCH3 is 1. The molecule has 1 N–H and O–H groups in total. The van der Waals surface area contributed by atoms with Crippen molar-refractivity contribution in [1.82, 2.24) is 14.9 Å². The number of nitrogens with zero attached hydrogens (tertiary/aromatic N) is 4. The van der Waals surface area contributed by atoms with E-state index in [0.29, 0.717) is 5.75 Å². The molecule has 0 bridgehead atoms. The molecule has 2 aliphatic rings. The number of rotatable bonds is 4. The normalized spacial score (nSPS) is 20.2. The van der Waals surface area contributed by atoms with Crippen LogP contribution in [0.15, 0.2) is 24.4 Å². The molecule has 0 amide bonds. The van der Waals surface area contributed by atoms with Crippen molar-refractivity contribution in [2.24, 2.45) is 0 Å². The lowest BCUT2D eigenvalue weighted by atomic mass is 9.92. The summed E-state index contributed by atoms with van der Waals surface area (Å²) >= 11 is 0. The average Bonchev–Trinajstić information content (AvgIpc) is 3.19. The van der Waals surface area contributed by atoms with Gasteiger partial charge in [0.1, 0.15) is 0 Å². The lowest BCUT2D eigenvalue weighted by Gasteiger charge is -2.35. The zero-order valence-corrected chi connectivity index (χ0v) is 15.5. The molecule has 2 aromatic rings. The molecule has 0 radical (unpaired) electrons. The highest BCUT2D eigenvalue weighted by molar-refractivity contribution is 5.48. The fourth-order valence-electron chi connectivity index (χ4n) is 4.02. The fourth-order valence-corrected chi connectivity index (χ4v) is 4.02. The van der Waals surface area contributed by atoms with E-state index in [4.69, 9.17) is 9.72 Å². The highest BCUT2D eigenvalue weighted by Gasteiger charge is 2.26. The predicted molar refractivity (Wildman–Crippen MR) is 101 cm³/mol. The maximum Gasteiger partial charge on any atom is 0.225 e. The Bertz CT molecular complexity index is 789. The summed E-state index contributed by atoms with van der Waals surface area (Å²) in [5, 5.41) is 10.0. The van der Waals surface area contributed by atoms with Gasteiger partial charge in [0.2, 0.25) is 5.95 Å². The molecular weight excluding hydrogens is 328 g/mol. The fraction of sp³-hybridized carbons (Fsp3) is 0.500.